The van der Waals surface area contributed by atoms with E-state index < -0.39 is 0 Å². The van der Waals surface area contributed by atoms with Gasteiger partial charge in [-0.05, 0) is 40.5 Å². The fraction of sp³-hybridized carbons (Fsp3) is 0.846. The molecule has 0 saturated heterocycles. The van der Waals surface area contributed by atoms with Crippen LogP contribution >= 0.6 is 0 Å². The Kier molecular flexibility index (Phi) is 5.92. The zero-order valence-corrected chi connectivity index (χ0v) is 11.0. The Balaban J connectivity index is 4.56. The third-order valence-corrected chi connectivity index (χ3v) is 2.66. The predicted molar refractivity (Wildman–Crippen MR) is 65.6 cm³/mol. The highest BCUT2D eigenvalue weighted by molar-refractivity contribution is 5.77. The van der Waals surface area contributed by atoms with Gasteiger partial charge in [0.25, 0.3) is 0 Å². The maximum absolute atomic E-state index is 12.0. The van der Waals surface area contributed by atoms with Gasteiger partial charge in [-0.2, -0.15) is 0 Å². The molecule has 1 unspecified atom stereocenters. The third kappa shape index (κ3) is 4.67. The molecule has 0 fully saturated rings. The average Bonchev–Trinajstić information content (AvgIpc) is 2.12. The molecular weight excluding hydrogens is 186 g/mol. The summed E-state index contributed by atoms with van der Waals surface area (Å²) in [6.45, 7) is 14.3. The van der Waals surface area contributed by atoms with Gasteiger partial charge in [0, 0.05) is 18.0 Å². The zero-order chi connectivity index (χ0) is 12.1. The number of amides is 1. The number of carbonyl (C=O) groups excluding carboxylic acids is 1. The van der Waals surface area contributed by atoms with Crippen molar-refractivity contribution >= 4 is 5.91 Å². The molecule has 0 aliphatic rings. The van der Waals surface area contributed by atoms with Gasteiger partial charge in [-0.25, -0.2) is 0 Å². The van der Waals surface area contributed by atoms with Crippen molar-refractivity contribution in [3.63, 3.8) is 0 Å². The van der Waals surface area contributed by atoms with Gasteiger partial charge in [-0.1, -0.05) is 20.3 Å². The SMILES string of the molecule is [CH2]CCCC(=O)N(C(C)CC)C(C)(C)C. The standard InChI is InChI=1S/C13H26NO/c1-7-9-10-12(15)14(11(3)8-2)13(4,5)6/h11H,1,7-10H2,2-6H3. The van der Waals surface area contributed by atoms with E-state index in [4.69, 9.17) is 0 Å². The second-order valence-corrected chi connectivity index (χ2v) is 5.15. The van der Waals surface area contributed by atoms with Crippen molar-refractivity contribution in [3.05, 3.63) is 6.92 Å². The molecule has 0 spiro atoms. The molecule has 2 heteroatoms. The van der Waals surface area contributed by atoms with Crippen molar-refractivity contribution in [2.24, 2.45) is 0 Å². The highest BCUT2D eigenvalue weighted by atomic mass is 16.2. The van der Waals surface area contributed by atoms with Crippen LogP contribution in [0.2, 0.25) is 0 Å². The molecule has 0 aromatic carbocycles. The minimum atomic E-state index is -0.0757. The summed E-state index contributed by atoms with van der Waals surface area (Å²) in [6.07, 6.45) is 3.37. The number of nitrogens with zero attached hydrogens (tertiary/aromatic N) is 1. The fourth-order valence-electron chi connectivity index (χ4n) is 1.86. The van der Waals surface area contributed by atoms with Crippen molar-refractivity contribution in [3.8, 4) is 0 Å². The Bertz CT molecular complexity index is 193. The molecule has 1 radical (unpaired) electrons. The van der Waals surface area contributed by atoms with E-state index in [2.05, 4.69) is 41.5 Å². The topological polar surface area (TPSA) is 20.3 Å². The Labute approximate surface area is 95.0 Å². The summed E-state index contributed by atoms with van der Waals surface area (Å²) >= 11 is 0. The van der Waals surface area contributed by atoms with Crippen LogP contribution in [0.15, 0.2) is 0 Å². The van der Waals surface area contributed by atoms with Crippen LogP contribution in [0.25, 0.3) is 0 Å². The Hall–Kier alpha value is -0.530. The number of unbranched alkanes of at least 4 members (excludes halogenated alkanes) is 1. The molecule has 1 amide bonds. The first kappa shape index (κ1) is 14.5. The lowest BCUT2D eigenvalue weighted by molar-refractivity contribution is -0.138. The van der Waals surface area contributed by atoms with E-state index in [1.807, 2.05) is 4.90 Å². The molecule has 0 aromatic rings. The molecule has 0 aromatic heterocycles. The lowest BCUT2D eigenvalue weighted by Crippen LogP contribution is -2.50. The minimum absolute atomic E-state index is 0.0757. The van der Waals surface area contributed by atoms with Crippen LogP contribution in [0.3, 0.4) is 0 Å². The molecule has 0 heterocycles. The number of carbonyl (C=O) groups is 1. The molecule has 0 bridgehead atoms. The van der Waals surface area contributed by atoms with Crippen LogP contribution in [0.1, 0.15) is 60.3 Å². The van der Waals surface area contributed by atoms with E-state index in [0.717, 1.165) is 19.3 Å². The second kappa shape index (κ2) is 6.14. The number of hydrogen-bond acceptors (Lipinski definition) is 1. The van der Waals surface area contributed by atoms with Crippen LogP contribution in [0.5, 0.6) is 0 Å². The average molecular weight is 212 g/mol. The highest BCUT2D eigenvalue weighted by Gasteiger charge is 2.29. The quantitative estimate of drug-likeness (QED) is 0.684. The lowest BCUT2D eigenvalue weighted by atomic mass is 10.0. The number of hydrogen-bond donors (Lipinski definition) is 0. The van der Waals surface area contributed by atoms with E-state index in [0.29, 0.717) is 12.5 Å². The summed E-state index contributed by atoms with van der Waals surface area (Å²) in [6, 6.07) is 0.322. The normalized spacial score (nSPS) is 13.7. The predicted octanol–water partition coefficient (Wildman–Crippen LogP) is 3.42. The molecule has 0 rings (SSSR count). The first-order chi connectivity index (χ1) is 6.84. The minimum Gasteiger partial charge on any atom is -0.335 e. The first-order valence-electron chi connectivity index (χ1n) is 5.96. The van der Waals surface area contributed by atoms with Gasteiger partial charge < -0.3 is 4.90 Å². The third-order valence-electron chi connectivity index (χ3n) is 2.66. The van der Waals surface area contributed by atoms with Gasteiger partial charge in [-0.3, -0.25) is 4.79 Å². The van der Waals surface area contributed by atoms with Crippen LogP contribution in [0.4, 0.5) is 0 Å². The van der Waals surface area contributed by atoms with E-state index in [1.165, 1.54) is 0 Å². The molecule has 0 aliphatic heterocycles. The summed E-state index contributed by atoms with van der Waals surface area (Å²) in [5.74, 6) is 0.264. The molecule has 2 nitrogen and oxygen atoms in total. The van der Waals surface area contributed by atoms with Gasteiger partial charge in [0.15, 0.2) is 0 Å². The molecule has 15 heavy (non-hydrogen) atoms. The smallest absolute Gasteiger partial charge is 0.223 e. The van der Waals surface area contributed by atoms with Crippen molar-refractivity contribution in [1.29, 1.82) is 0 Å². The van der Waals surface area contributed by atoms with Crippen molar-refractivity contribution in [1.82, 2.24) is 4.90 Å². The zero-order valence-electron chi connectivity index (χ0n) is 11.0. The maximum atomic E-state index is 12.0. The largest absolute Gasteiger partial charge is 0.335 e. The lowest BCUT2D eigenvalue weighted by Gasteiger charge is -2.40. The summed E-state index contributed by atoms with van der Waals surface area (Å²) in [7, 11) is 0. The number of rotatable bonds is 5. The Morgan fingerprint density at radius 2 is 1.93 bits per heavy atom. The van der Waals surface area contributed by atoms with Crippen molar-refractivity contribution in [2.75, 3.05) is 0 Å². The van der Waals surface area contributed by atoms with E-state index in [-0.39, 0.29) is 11.4 Å². The van der Waals surface area contributed by atoms with Crippen molar-refractivity contribution < 1.29 is 4.79 Å². The summed E-state index contributed by atoms with van der Waals surface area (Å²) in [5, 5.41) is 0. The Morgan fingerprint density at radius 3 is 2.27 bits per heavy atom. The molecule has 0 N–H and O–H groups in total. The van der Waals surface area contributed by atoms with Gasteiger partial charge in [0.05, 0.1) is 0 Å². The van der Waals surface area contributed by atoms with E-state index in [9.17, 15) is 4.79 Å². The summed E-state index contributed by atoms with van der Waals surface area (Å²) in [5.41, 5.74) is -0.0757. The van der Waals surface area contributed by atoms with Crippen LogP contribution in [0, 0.1) is 6.92 Å². The van der Waals surface area contributed by atoms with Gasteiger partial charge in [0.2, 0.25) is 5.91 Å². The van der Waals surface area contributed by atoms with Gasteiger partial charge in [0.1, 0.15) is 0 Å². The van der Waals surface area contributed by atoms with Gasteiger partial charge >= 0.3 is 0 Å². The van der Waals surface area contributed by atoms with Crippen LogP contribution < -0.4 is 0 Å². The molecule has 0 aliphatic carbocycles. The molecule has 1 atom stereocenters. The summed E-state index contributed by atoms with van der Waals surface area (Å²) in [4.78, 5) is 14.1. The monoisotopic (exact) mass is 212 g/mol. The second-order valence-electron chi connectivity index (χ2n) is 5.15. The van der Waals surface area contributed by atoms with Crippen LogP contribution in [-0.2, 0) is 4.79 Å². The summed E-state index contributed by atoms with van der Waals surface area (Å²) < 4.78 is 0. The first-order valence-corrected chi connectivity index (χ1v) is 5.96. The maximum Gasteiger partial charge on any atom is 0.223 e. The van der Waals surface area contributed by atoms with E-state index >= 15 is 0 Å². The highest BCUT2D eigenvalue weighted by Crippen LogP contribution is 2.20. The molecular formula is C13H26NO. The van der Waals surface area contributed by atoms with E-state index in [1.54, 1.807) is 0 Å². The van der Waals surface area contributed by atoms with Crippen LogP contribution in [-0.4, -0.2) is 22.4 Å². The fourth-order valence-corrected chi connectivity index (χ4v) is 1.86. The van der Waals surface area contributed by atoms with Crippen molar-refractivity contribution in [2.45, 2.75) is 71.9 Å². The van der Waals surface area contributed by atoms with Gasteiger partial charge in [-0.15, -0.1) is 0 Å². The molecule has 89 valence electrons. The Morgan fingerprint density at radius 1 is 1.40 bits per heavy atom. The molecule has 0 saturated carbocycles.